The van der Waals surface area contributed by atoms with Crippen molar-refractivity contribution in [2.45, 2.75) is 19.9 Å². The number of aromatic nitrogens is 1. The highest BCUT2D eigenvalue weighted by molar-refractivity contribution is 5.89. The number of para-hydroxylation sites is 1. The van der Waals surface area contributed by atoms with Gasteiger partial charge in [0.05, 0.1) is 6.04 Å². The minimum atomic E-state index is -0.190. The molecule has 0 aliphatic heterocycles. The van der Waals surface area contributed by atoms with Gasteiger partial charge in [-0.1, -0.05) is 24.3 Å². The highest BCUT2D eigenvalue weighted by Crippen LogP contribution is 2.28. The number of carbonyl (C=O) groups is 1. The van der Waals surface area contributed by atoms with Gasteiger partial charge in [-0.05, 0) is 62.8 Å². The van der Waals surface area contributed by atoms with Gasteiger partial charge in [0.25, 0.3) is 0 Å². The summed E-state index contributed by atoms with van der Waals surface area (Å²) < 4.78 is 2.14. The molecule has 0 spiro atoms. The quantitative estimate of drug-likeness (QED) is 0.712. The maximum Gasteiger partial charge on any atom is 0.319 e. The van der Waals surface area contributed by atoms with E-state index in [9.17, 15) is 4.79 Å². The van der Waals surface area contributed by atoms with Crippen LogP contribution >= 0.6 is 0 Å². The summed E-state index contributed by atoms with van der Waals surface area (Å²) in [5.74, 6) is 0. The van der Waals surface area contributed by atoms with Gasteiger partial charge in [-0.25, -0.2) is 4.79 Å². The largest absolute Gasteiger partial charge is 0.350 e. The van der Waals surface area contributed by atoms with E-state index < -0.39 is 0 Å². The number of nitrogens with zero attached hydrogens (tertiary/aromatic N) is 2. The maximum atomic E-state index is 12.4. The maximum absolute atomic E-state index is 12.4. The molecule has 1 aromatic heterocycles. The molecule has 5 heteroatoms. The summed E-state index contributed by atoms with van der Waals surface area (Å²) in [4.78, 5) is 14.5. The van der Waals surface area contributed by atoms with E-state index in [2.05, 4.69) is 58.5 Å². The van der Waals surface area contributed by atoms with E-state index in [0.29, 0.717) is 6.54 Å². The van der Waals surface area contributed by atoms with Crippen LogP contribution < -0.4 is 10.6 Å². The zero-order chi connectivity index (χ0) is 19.6. The molecular weight excluding hydrogens is 336 g/mol. The fraction of sp³-hybridized carbons (Fsp3) is 0.318. The summed E-state index contributed by atoms with van der Waals surface area (Å²) in [6.45, 7) is 4.63. The van der Waals surface area contributed by atoms with Gasteiger partial charge in [-0.3, -0.25) is 0 Å². The van der Waals surface area contributed by atoms with Gasteiger partial charge in [0.15, 0.2) is 0 Å². The minimum absolute atomic E-state index is 0.0848. The lowest BCUT2D eigenvalue weighted by Gasteiger charge is -2.24. The number of fused-ring (bicyclic) bond motifs is 1. The fourth-order valence-electron chi connectivity index (χ4n) is 3.39. The third-order valence-corrected chi connectivity index (χ3v) is 5.13. The first-order valence-electron chi connectivity index (χ1n) is 9.19. The van der Waals surface area contributed by atoms with Crippen molar-refractivity contribution in [1.82, 2.24) is 14.8 Å². The molecular formula is C22H28N4O. The van der Waals surface area contributed by atoms with Crippen LogP contribution in [0, 0.1) is 13.8 Å². The second-order valence-corrected chi connectivity index (χ2v) is 7.33. The number of rotatable bonds is 5. The third-order valence-electron chi connectivity index (χ3n) is 5.13. The van der Waals surface area contributed by atoms with Gasteiger partial charge < -0.3 is 20.1 Å². The SMILES string of the molecule is Cc1ccc(NC(=O)NCC(c2cn(C)c3ccccc23)N(C)C)cc1C. The Hall–Kier alpha value is -2.79. The molecule has 0 radical (unpaired) electrons. The van der Waals surface area contributed by atoms with Gasteiger partial charge in [0.2, 0.25) is 0 Å². The first-order chi connectivity index (χ1) is 12.9. The molecule has 2 aromatic carbocycles. The van der Waals surface area contributed by atoms with Gasteiger partial charge >= 0.3 is 6.03 Å². The topological polar surface area (TPSA) is 49.3 Å². The number of hydrogen-bond donors (Lipinski definition) is 2. The van der Waals surface area contributed by atoms with E-state index in [4.69, 9.17) is 0 Å². The van der Waals surface area contributed by atoms with Crippen molar-refractivity contribution in [1.29, 1.82) is 0 Å². The number of hydrogen-bond acceptors (Lipinski definition) is 2. The second-order valence-electron chi connectivity index (χ2n) is 7.33. The first kappa shape index (κ1) is 19.0. The minimum Gasteiger partial charge on any atom is -0.350 e. The molecule has 1 atom stereocenters. The van der Waals surface area contributed by atoms with Crippen molar-refractivity contribution in [3.63, 3.8) is 0 Å². The van der Waals surface area contributed by atoms with E-state index in [1.54, 1.807) is 0 Å². The van der Waals surface area contributed by atoms with Crippen molar-refractivity contribution >= 4 is 22.6 Å². The Morgan fingerprint density at radius 1 is 1.11 bits per heavy atom. The van der Waals surface area contributed by atoms with Crippen LogP contribution in [0.25, 0.3) is 10.9 Å². The third kappa shape index (κ3) is 4.14. The number of carbonyl (C=O) groups excluding carboxylic acids is 1. The van der Waals surface area contributed by atoms with E-state index in [-0.39, 0.29) is 12.1 Å². The number of benzene rings is 2. The molecule has 2 amide bonds. The van der Waals surface area contributed by atoms with E-state index >= 15 is 0 Å². The lowest BCUT2D eigenvalue weighted by Crippen LogP contribution is -2.36. The van der Waals surface area contributed by atoms with Crippen LogP contribution in [0.5, 0.6) is 0 Å². The summed E-state index contributed by atoms with van der Waals surface area (Å²) in [5, 5.41) is 7.16. The highest BCUT2D eigenvalue weighted by atomic mass is 16.2. The molecule has 1 unspecified atom stereocenters. The monoisotopic (exact) mass is 364 g/mol. The second kappa shape index (κ2) is 7.84. The molecule has 142 valence electrons. The standard InChI is InChI=1S/C22H28N4O/c1-15-10-11-17(12-16(15)2)24-22(27)23-13-21(25(3)4)19-14-26(5)20-9-7-6-8-18(19)20/h6-12,14,21H,13H2,1-5H3,(H2,23,24,27). The van der Waals surface area contributed by atoms with Crippen LogP contribution in [0.15, 0.2) is 48.7 Å². The molecule has 0 aliphatic carbocycles. The van der Waals surface area contributed by atoms with Crippen LogP contribution in [0.3, 0.4) is 0 Å². The van der Waals surface area contributed by atoms with Crippen molar-refractivity contribution in [3.8, 4) is 0 Å². The molecule has 2 N–H and O–H groups in total. The predicted molar refractivity (Wildman–Crippen MR) is 112 cm³/mol. The predicted octanol–water partition coefficient (Wildman–Crippen LogP) is 4.22. The van der Waals surface area contributed by atoms with Crippen molar-refractivity contribution in [3.05, 3.63) is 65.4 Å². The normalized spacial score (nSPS) is 12.4. The van der Waals surface area contributed by atoms with Gasteiger partial charge in [-0.2, -0.15) is 0 Å². The highest BCUT2D eigenvalue weighted by Gasteiger charge is 2.20. The number of likely N-dealkylation sites (N-methyl/N-ethyl adjacent to an activating group) is 1. The average Bonchev–Trinajstić information content (AvgIpc) is 2.95. The zero-order valence-corrected chi connectivity index (χ0v) is 16.7. The van der Waals surface area contributed by atoms with Crippen LogP contribution in [-0.2, 0) is 7.05 Å². The van der Waals surface area contributed by atoms with Gasteiger partial charge in [-0.15, -0.1) is 0 Å². The Morgan fingerprint density at radius 2 is 1.85 bits per heavy atom. The van der Waals surface area contributed by atoms with Crippen LogP contribution in [0.1, 0.15) is 22.7 Å². The number of anilines is 1. The molecule has 3 rings (SSSR count). The van der Waals surface area contributed by atoms with Crippen molar-refractivity contribution in [2.24, 2.45) is 7.05 Å². The lowest BCUT2D eigenvalue weighted by atomic mass is 10.0. The number of amides is 2. The van der Waals surface area contributed by atoms with Gasteiger partial charge in [0.1, 0.15) is 0 Å². The van der Waals surface area contributed by atoms with Crippen molar-refractivity contribution < 1.29 is 4.79 Å². The smallest absolute Gasteiger partial charge is 0.319 e. The molecule has 0 bridgehead atoms. The Kier molecular flexibility index (Phi) is 5.51. The average molecular weight is 364 g/mol. The Morgan fingerprint density at radius 3 is 2.56 bits per heavy atom. The van der Waals surface area contributed by atoms with Crippen molar-refractivity contribution in [2.75, 3.05) is 26.0 Å². The number of nitrogens with one attached hydrogen (secondary N) is 2. The van der Waals surface area contributed by atoms with Crippen LogP contribution in [0.2, 0.25) is 0 Å². The summed E-state index contributed by atoms with van der Waals surface area (Å²) in [6.07, 6.45) is 2.15. The fourth-order valence-corrected chi connectivity index (χ4v) is 3.39. The molecule has 27 heavy (non-hydrogen) atoms. The lowest BCUT2D eigenvalue weighted by molar-refractivity contribution is 0.243. The molecule has 1 heterocycles. The Bertz CT molecular complexity index is 958. The first-order valence-corrected chi connectivity index (χ1v) is 9.19. The van der Waals surface area contributed by atoms with Gasteiger partial charge in [0, 0.05) is 36.4 Å². The molecule has 0 saturated carbocycles. The number of aryl methyl sites for hydroxylation is 3. The Labute approximate surface area is 161 Å². The summed E-state index contributed by atoms with van der Waals surface area (Å²) in [6, 6.07) is 14.2. The zero-order valence-electron chi connectivity index (χ0n) is 16.7. The molecule has 0 fully saturated rings. The Balaban J connectivity index is 1.73. The van der Waals surface area contributed by atoms with Crippen LogP contribution in [0.4, 0.5) is 10.5 Å². The summed E-state index contributed by atoms with van der Waals surface area (Å²) >= 11 is 0. The molecule has 0 saturated heterocycles. The van der Waals surface area contributed by atoms with Crippen LogP contribution in [-0.4, -0.2) is 36.1 Å². The molecule has 5 nitrogen and oxygen atoms in total. The van der Waals surface area contributed by atoms with E-state index in [1.165, 1.54) is 22.0 Å². The summed E-state index contributed by atoms with van der Waals surface area (Å²) in [5.41, 5.74) is 5.59. The number of urea groups is 1. The molecule has 3 aromatic rings. The van der Waals surface area contributed by atoms with E-state index in [1.807, 2.05) is 45.3 Å². The van der Waals surface area contributed by atoms with E-state index in [0.717, 1.165) is 11.3 Å². The summed E-state index contributed by atoms with van der Waals surface area (Å²) in [7, 11) is 6.13. The molecule has 0 aliphatic rings.